The number of nitrogens with zero attached hydrogens (tertiary/aromatic N) is 2. The Labute approximate surface area is 212 Å². The van der Waals surface area contributed by atoms with E-state index in [1.807, 2.05) is 6.92 Å². The molecule has 1 aromatic rings. The highest BCUT2D eigenvalue weighted by Crippen LogP contribution is 2.51. The third-order valence-corrected chi connectivity index (χ3v) is 8.80. The number of ether oxygens (including phenoxy) is 1. The molecule has 4 rings (SSSR count). The van der Waals surface area contributed by atoms with Crippen molar-refractivity contribution in [2.24, 2.45) is 23.7 Å². The molecule has 1 N–H and O–H groups in total. The number of hydrogen-bond acceptors (Lipinski definition) is 5. The summed E-state index contributed by atoms with van der Waals surface area (Å²) in [5.74, 6) is 0.573. The summed E-state index contributed by atoms with van der Waals surface area (Å²) in [6.45, 7) is 12.0. The minimum absolute atomic E-state index is 0.0384. The summed E-state index contributed by atoms with van der Waals surface area (Å²) in [5.41, 5.74) is 0.355. The van der Waals surface area contributed by atoms with Gasteiger partial charge in [-0.25, -0.2) is 0 Å². The molecule has 0 spiro atoms. The summed E-state index contributed by atoms with van der Waals surface area (Å²) in [7, 11) is 0. The Bertz CT molecular complexity index is 956. The first-order valence-electron chi connectivity index (χ1n) is 13.1. The summed E-state index contributed by atoms with van der Waals surface area (Å²) in [6, 6.07) is 5.43. The van der Waals surface area contributed by atoms with Gasteiger partial charge in [0.2, 0.25) is 0 Å². The Kier molecular flexibility index (Phi) is 7.77. The number of rotatable bonds is 5. The number of carbonyl (C=O) groups is 1. The molecule has 0 bridgehead atoms. The van der Waals surface area contributed by atoms with E-state index in [4.69, 9.17) is 4.74 Å². The van der Waals surface area contributed by atoms with Crippen LogP contribution in [0.25, 0.3) is 0 Å². The first-order chi connectivity index (χ1) is 16.9. The van der Waals surface area contributed by atoms with Crippen molar-refractivity contribution in [2.45, 2.75) is 64.8 Å². The van der Waals surface area contributed by atoms with Gasteiger partial charge in [0.15, 0.2) is 0 Å². The van der Waals surface area contributed by atoms with Crippen LogP contribution in [0.2, 0.25) is 0 Å². The molecule has 1 saturated heterocycles. The van der Waals surface area contributed by atoms with Crippen molar-refractivity contribution in [1.82, 2.24) is 4.90 Å². The molecule has 0 amide bonds. The van der Waals surface area contributed by atoms with E-state index < -0.39 is 17.3 Å². The van der Waals surface area contributed by atoms with Crippen LogP contribution in [-0.2, 0) is 15.7 Å². The zero-order chi connectivity index (χ0) is 26.3. The van der Waals surface area contributed by atoms with Crippen LogP contribution in [0.4, 0.5) is 18.9 Å². The average Bonchev–Trinajstić information content (AvgIpc) is 2.81. The molecule has 1 unspecified atom stereocenters. The van der Waals surface area contributed by atoms with Gasteiger partial charge >= 0.3 is 12.1 Å². The third-order valence-electron chi connectivity index (χ3n) is 8.80. The maximum atomic E-state index is 12.9. The zero-order valence-corrected chi connectivity index (χ0v) is 21.7. The standard InChI is InChI=1S/C28H39F3N2O3/c1-18-15-25-24(10-5-20(3)27(25,35)16-26(18)36-21(4)34)19(2)17-32-11-13-33(14-12-32)23-8-6-22(7-9-23)28(29,30)31/h6-9,15,19-20,24-26,35H,5,10-14,16-17H2,1-4H3/t19?,20-,24+,25-,26-,27-/m1/s1. The fourth-order valence-corrected chi connectivity index (χ4v) is 6.59. The van der Waals surface area contributed by atoms with Crippen molar-refractivity contribution >= 4 is 11.7 Å². The number of carbonyl (C=O) groups excluding carboxylic acids is 1. The lowest BCUT2D eigenvalue weighted by Crippen LogP contribution is -2.56. The highest BCUT2D eigenvalue weighted by atomic mass is 19.4. The summed E-state index contributed by atoms with van der Waals surface area (Å²) < 4.78 is 44.1. The molecular formula is C28H39F3N2O3. The van der Waals surface area contributed by atoms with E-state index in [1.165, 1.54) is 6.92 Å². The molecule has 0 radical (unpaired) electrons. The Morgan fingerprint density at radius 1 is 1.17 bits per heavy atom. The molecule has 200 valence electrons. The smallest absolute Gasteiger partial charge is 0.416 e. The molecule has 0 aromatic heterocycles. The lowest BCUT2D eigenvalue weighted by Gasteiger charge is -2.53. The second kappa shape index (κ2) is 10.4. The molecule has 36 heavy (non-hydrogen) atoms. The minimum atomic E-state index is -4.32. The van der Waals surface area contributed by atoms with Crippen molar-refractivity contribution in [3.05, 3.63) is 41.5 Å². The van der Waals surface area contributed by atoms with Crippen molar-refractivity contribution in [3.63, 3.8) is 0 Å². The normalized spacial score (nSPS) is 32.4. The number of aliphatic hydroxyl groups is 1. The largest absolute Gasteiger partial charge is 0.458 e. The summed E-state index contributed by atoms with van der Waals surface area (Å²) in [6.07, 6.45) is -0.0546. The van der Waals surface area contributed by atoms with Crippen LogP contribution in [0.3, 0.4) is 0 Å². The van der Waals surface area contributed by atoms with E-state index in [-0.39, 0.29) is 23.9 Å². The molecule has 1 aliphatic heterocycles. The minimum Gasteiger partial charge on any atom is -0.458 e. The highest BCUT2D eigenvalue weighted by Gasteiger charge is 2.52. The van der Waals surface area contributed by atoms with Gasteiger partial charge in [-0.3, -0.25) is 9.69 Å². The predicted molar refractivity (Wildman–Crippen MR) is 134 cm³/mol. The lowest BCUT2D eigenvalue weighted by atomic mass is 9.57. The van der Waals surface area contributed by atoms with Crippen LogP contribution in [0.1, 0.15) is 52.5 Å². The van der Waals surface area contributed by atoms with Gasteiger partial charge in [0.1, 0.15) is 6.10 Å². The maximum Gasteiger partial charge on any atom is 0.416 e. The Morgan fingerprint density at radius 2 is 1.81 bits per heavy atom. The second-order valence-electron chi connectivity index (χ2n) is 11.2. The molecule has 2 fully saturated rings. The fourth-order valence-electron chi connectivity index (χ4n) is 6.59. The number of anilines is 1. The van der Waals surface area contributed by atoms with Gasteiger partial charge in [0.05, 0.1) is 11.2 Å². The molecular weight excluding hydrogens is 469 g/mol. The summed E-state index contributed by atoms with van der Waals surface area (Å²) >= 11 is 0. The molecule has 1 heterocycles. The van der Waals surface area contributed by atoms with Gasteiger partial charge in [0.25, 0.3) is 0 Å². The van der Waals surface area contributed by atoms with Crippen LogP contribution in [0.15, 0.2) is 35.9 Å². The number of benzene rings is 1. The summed E-state index contributed by atoms with van der Waals surface area (Å²) in [4.78, 5) is 16.2. The van der Waals surface area contributed by atoms with Gasteiger partial charge in [-0.1, -0.05) is 19.9 Å². The van der Waals surface area contributed by atoms with E-state index in [2.05, 4.69) is 29.7 Å². The average molecular weight is 509 g/mol. The topological polar surface area (TPSA) is 53.0 Å². The Balaban J connectivity index is 1.37. The Hall–Kier alpha value is -2.06. The maximum absolute atomic E-state index is 12.9. The summed E-state index contributed by atoms with van der Waals surface area (Å²) in [5, 5.41) is 11.8. The molecule has 5 nitrogen and oxygen atoms in total. The number of fused-ring (bicyclic) bond motifs is 1. The monoisotopic (exact) mass is 508 g/mol. The van der Waals surface area contributed by atoms with Gasteiger partial charge in [-0.05, 0) is 67.4 Å². The van der Waals surface area contributed by atoms with Gasteiger partial charge in [-0.2, -0.15) is 13.2 Å². The molecule has 6 atom stereocenters. The second-order valence-corrected chi connectivity index (χ2v) is 11.2. The molecule has 1 aromatic carbocycles. The zero-order valence-electron chi connectivity index (χ0n) is 21.7. The molecule has 3 aliphatic rings. The lowest BCUT2D eigenvalue weighted by molar-refractivity contribution is -0.159. The van der Waals surface area contributed by atoms with Crippen LogP contribution in [0.5, 0.6) is 0 Å². The van der Waals surface area contributed by atoms with Crippen molar-refractivity contribution in [1.29, 1.82) is 0 Å². The third kappa shape index (κ3) is 5.59. The molecule has 2 aliphatic carbocycles. The predicted octanol–water partition coefficient (Wildman–Crippen LogP) is 5.14. The first kappa shape index (κ1) is 27.0. The van der Waals surface area contributed by atoms with Crippen LogP contribution >= 0.6 is 0 Å². The van der Waals surface area contributed by atoms with Gasteiger partial charge < -0.3 is 14.7 Å². The van der Waals surface area contributed by atoms with Gasteiger partial charge in [0, 0.05) is 57.7 Å². The van der Waals surface area contributed by atoms with Gasteiger partial charge in [-0.15, -0.1) is 0 Å². The number of hydrogen-bond donors (Lipinski definition) is 1. The SMILES string of the molecule is CC(=O)O[C@@H]1C[C@@]2(O)[C@H](C)CC[C@@H](C(C)CN3CCN(c4ccc(C(F)(F)F)cc4)CC3)[C@H]2C=C1C. The van der Waals surface area contributed by atoms with E-state index in [9.17, 15) is 23.1 Å². The van der Waals surface area contributed by atoms with Crippen LogP contribution in [0, 0.1) is 23.7 Å². The molecule has 1 saturated carbocycles. The number of alkyl halides is 3. The first-order valence-corrected chi connectivity index (χ1v) is 13.1. The van der Waals surface area contributed by atoms with E-state index in [0.717, 1.165) is 69.0 Å². The number of esters is 1. The Morgan fingerprint density at radius 3 is 2.39 bits per heavy atom. The van der Waals surface area contributed by atoms with E-state index >= 15 is 0 Å². The quantitative estimate of drug-likeness (QED) is 0.441. The van der Waals surface area contributed by atoms with Crippen molar-refractivity contribution in [3.8, 4) is 0 Å². The van der Waals surface area contributed by atoms with E-state index in [0.29, 0.717) is 18.3 Å². The van der Waals surface area contributed by atoms with Crippen LogP contribution in [-0.4, -0.2) is 60.4 Å². The van der Waals surface area contributed by atoms with Crippen LogP contribution < -0.4 is 4.90 Å². The number of piperazine rings is 1. The fraction of sp³-hybridized carbons (Fsp3) is 0.679. The van der Waals surface area contributed by atoms with Crippen molar-refractivity contribution < 1.29 is 27.8 Å². The highest BCUT2D eigenvalue weighted by molar-refractivity contribution is 5.66. The number of halogens is 3. The van der Waals surface area contributed by atoms with Crippen molar-refractivity contribution in [2.75, 3.05) is 37.6 Å². The molecule has 8 heteroatoms. The van der Waals surface area contributed by atoms with E-state index in [1.54, 1.807) is 12.1 Å².